The minimum absolute atomic E-state index is 0.172. The fourth-order valence-electron chi connectivity index (χ4n) is 5.54. The molecular formula is C37H48N4O6. The first-order valence-electron chi connectivity index (χ1n) is 16.4. The number of benzene rings is 3. The van der Waals surface area contributed by atoms with E-state index in [4.69, 9.17) is 9.47 Å². The van der Waals surface area contributed by atoms with Gasteiger partial charge in [-0.25, -0.2) is 4.79 Å². The van der Waals surface area contributed by atoms with Gasteiger partial charge in [-0.2, -0.15) is 0 Å². The van der Waals surface area contributed by atoms with Crippen LogP contribution >= 0.6 is 0 Å². The van der Waals surface area contributed by atoms with Crippen LogP contribution in [0.4, 0.5) is 16.2 Å². The predicted octanol–water partition coefficient (Wildman–Crippen LogP) is 5.83. The first-order chi connectivity index (χ1) is 22.6. The number of carbonyl (C=O) groups excluding carboxylic acids is 3. The maximum absolute atomic E-state index is 14.3. The maximum Gasteiger partial charge on any atom is 0.321 e. The molecule has 3 N–H and O–H groups in total. The first kappa shape index (κ1) is 35.4. The summed E-state index contributed by atoms with van der Waals surface area (Å²) in [7, 11) is 1.72. The summed E-state index contributed by atoms with van der Waals surface area (Å²) in [5.74, 6) is -0.299. The predicted molar refractivity (Wildman–Crippen MR) is 184 cm³/mol. The number of aliphatic hydroxyl groups excluding tert-OH is 1. The van der Waals surface area contributed by atoms with E-state index >= 15 is 0 Å². The van der Waals surface area contributed by atoms with Crippen LogP contribution in [0.15, 0.2) is 78.9 Å². The van der Waals surface area contributed by atoms with Crippen molar-refractivity contribution < 1.29 is 29.0 Å². The zero-order valence-corrected chi connectivity index (χ0v) is 27.9. The lowest BCUT2D eigenvalue weighted by Gasteiger charge is -2.35. The summed E-state index contributed by atoms with van der Waals surface area (Å²) >= 11 is 0. The fraction of sp³-hybridized carbons (Fsp3) is 0.432. The molecule has 0 aromatic heterocycles. The molecule has 3 aromatic rings. The highest BCUT2D eigenvalue weighted by Crippen LogP contribution is 2.28. The van der Waals surface area contributed by atoms with Crippen molar-refractivity contribution in [1.82, 2.24) is 9.80 Å². The van der Waals surface area contributed by atoms with Crippen molar-refractivity contribution in [1.29, 1.82) is 0 Å². The average molecular weight is 645 g/mol. The Bertz CT molecular complexity index is 1450. The van der Waals surface area contributed by atoms with Gasteiger partial charge in [-0.3, -0.25) is 9.59 Å². The lowest BCUT2D eigenvalue weighted by atomic mass is 10.0. The number of hydrogen-bond donors (Lipinski definition) is 3. The third-order valence-corrected chi connectivity index (χ3v) is 8.37. The molecule has 4 atom stereocenters. The van der Waals surface area contributed by atoms with E-state index in [0.29, 0.717) is 35.8 Å². The number of likely N-dealkylation sites (N-methyl/N-ethyl adjacent to an activating group) is 1. The van der Waals surface area contributed by atoms with Crippen LogP contribution in [-0.2, 0) is 16.0 Å². The highest BCUT2D eigenvalue weighted by Gasteiger charge is 2.31. The number of urea groups is 1. The smallest absolute Gasteiger partial charge is 0.321 e. The summed E-state index contributed by atoms with van der Waals surface area (Å²) in [6, 6.07) is 23.1. The molecular weight excluding hydrogens is 596 g/mol. The largest absolute Gasteiger partial charge is 0.490 e. The van der Waals surface area contributed by atoms with E-state index in [1.54, 1.807) is 42.0 Å². The molecule has 0 aliphatic carbocycles. The van der Waals surface area contributed by atoms with Gasteiger partial charge in [-0.05, 0) is 69.0 Å². The molecule has 0 fully saturated rings. The van der Waals surface area contributed by atoms with Crippen molar-refractivity contribution in [3.63, 3.8) is 0 Å². The molecule has 0 bridgehead atoms. The minimum Gasteiger partial charge on any atom is -0.490 e. The second kappa shape index (κ2) is 17.5. The number of aliphatic hydroxyl groups is 1. The number of ether oxygens (including phenoxy) is 2. The monoisotopic (exact) mass is 644 g/mol. The summed E-state index contributed by atoms with van der Waals surface area (Å²) in [6.07, 6.45) is 2.08. The Morgan fingerprint density at radius 2 is 1.68 bits per heavy atom. The molecule has 10 nitrogen and oxygen atoms in total. The normalized spacial score (nSPS) is 19.8. The Balaban J connectivity index is 1.58. The van der Waals surface area contributed by atoms with Gasteiger partial charge in [-0.1, -0.05) is 55.5 Å². The summed E-state index contributed by atoms with van der Waals surface area (Å²) < 4.78 is 12.7. The van der Waals surface area contributed by atoms with Gasteiger partial charge in [-0.15, -0.1) is 0 Å². The van der Waals surface area contributed by atoms with E-state index in [1.807, 2.05) is 74.5 Å². The minimum atomic E-state index is -0.515. The number of para-hydroxylation sites is 1. The van der Waals surface area contributed by atoms with E-state index in [9.17, 15) is 19.5 Å². The Kier molecular flexibility index (Phi) is 13.2. The van der Waals surface area contributed by atoms with E-state index in [0.717, 1.165) is 24.8 Å². The van der Waals surface area contributed by atoms with Crippen LogP contribution in [0, 0.1) is 5.92 Å². The van der Waals surface area contributed by atoms with Crippen molar-refractivity contribution in [2.45, 2.75) is 64.7 Å². The third-order valence-electron chi connectivity index (χ3n) is 8.37. The van der Waals surface area contributed by atoms with Crippen molar-refractivity contribution >= 4 is 29.2 Å². The molecule has 0 saturated heterocycles. The fourth-order valence-corrected chi connectivity index (χ4v) is 5.54. The van der Waals surface area contributed by atoms with Gasteiger partial charge < -0.3 is 35.0 Å². The molecule has 252 valence electrons. The van der Waals surface area contributed by atoms with Crippen LogP contribution in [0.1, 0.15) is 56.0 Å². The van der Waals surface area contributed by atoms with Crippen LogP contribution in [0.3, 0.4) is 0 Å². The zero-order valence-electron chi connectivity index (χ0n) is 27.9. The summed E-state index contributed by atoms with van der Waals surface area (Å²) in [5, 5.41) is 16.0. The van der Waals surface area contributed by atoms with Gasteiger partial charge in [0.15, 0.2) is 0 Å². The second-order valence-electron chi connectivity index (χ2n) is 12.4. The quantitative estimate of drug-likeness (QED) is 0.284. The summed E-state index contributed by atoms with van der Waals surface area (Å²) in [6.45, 7) is 6.57. The van der Waals surface area contributed by atoms with Crippen LogP contribution in [0.25, 0.3) is 0 Å². The van der Waals surface area contributed by atoms with Crippen molar-refractivity contribution in [2.75, 3.05) is 44.0 Å². The Labute approximate surface area is 278 Å². The van der Waals surface area contributed by atoms with E-state index in [1.165, 1.54) is 0 Å². The topological polar surface area (TPSA) is 120 Å². The summed E-state index contributed by atoms with van der Waals surface area (Å²) in [4.78, 5) is 43.5. The lowest BCUT2D eigenvalue weighted by Crippen LogP contribution is -2.48. The number of anilines is 2. The molecule has 3 aromatic carbocycles. The van der Waals surface area contributed by atoms with Gasteiger partial charge >= 0.3 is 6.03 Å². The standard InChI is InChI=1S/C37H48N4O6/c1-26-23-41(27(2)25-42)36(44)32-22-31(38-35(43)21-29-14-7-5-8-15-29)18-19-33(32)47-28(3)13-11-12-20-46-34(26)24-40(4)37(45)39-30-16-9-6-10-17-30/h5-10,14-19,22,26-28,34,42H,11-13,20-21,23-25H2,1-4H3,(H,38,43)(H,39,45)/t26-,27-,28+,34+/m0/s1. The Morgan fingerprint density at radius 3 is 2.38 bits per heavy atom. The Morgan fingerprint density at radius 1 is 0.979 bits per heavy atom. The molecule has 1 aliphatic rings. The molecule has 0 unspecified atom stereocenters. The Hall–Kier alpha value is -4.41. The first-order valence-corrected chi connectivity index (χ1v) is 16.4. The highest BCUT2D eigenvalue weighted by atomic mass is 16.5. The van der Waals surface area contributed by atoms with Crippen LogP contribution in [-0.4, -0.2) is 84.4 Å². The van der Waals surface area contributed by atoms with Gasteiger partial charge in [0.1, 0.15) is 5.75 Å². The molecule has 10 heteroatoms. The van der Waals surface area contributed by atoms with Gasteiger partial charge in [0.2, 0.25) is 5.91 Å². The van der Waals surface area contributed by atoms with Gasteiger partial charge in [0, 0.05) is 44.0 Å². The third kappa shape index (κ3) is 10.6. The maximum atomic E-state index is 14.3. The van der Waals surface area contributed by atoms with Crippen LogP contribution in [0.2, 0.25) is 0 Å². The molecule has 0 spiro atoms. The van der Waals surface area contributed by atoms with E-state index < -0.39 is 6.04 Å². The number of nitrogens with zero attached hydrogens (tertiary/aromatic N) is 2. The van der Waals surface area contributed by atoms with E-state index in [-0.39, 0.29) is 55.5 Å². The summed E-state index contributed by atoms with van der Waals surface area (Å²) in [5.41, 5.74) is 2.36. The highest BCUT2D eigenvalue weighted by molar-refractivity contribution is 6.00. The zero-order chi connectivity index (χ0) is 33.8. The molecule has 4 rings (SSSR count). The molecule has 0 radical (unpaired) electrons. The lowest BCUT2D eigenvalue weighted by molar-refractivity contribution is -0.115. The number of carbonyl (C=O) groups is 3. The molecule has 47 heavy (non-hydrogen) atoms. The van der Waals surface area contributed by atoms with E-state index in [2.05, 4.69) is 10.6 Å². The second-order valence-corrected chi connectivity index (χ2v) is 12.4. The molecule has 0 saturated carbocycles. The van der Waals surface area contributed by atoms with Crippen LogP contribution in [0.5, 0.6) is 5.75 Å². The molecule has 4 amide bonds. The number of rotatable bonds is 8. The van der Waals surface area contributed by atoms with Gasteiger partial charge in [0.25, 0.3) is 5.91 Å². The average Bonchev–Trinajstić information content (AvgIpc) is 3.06. The molecule has 1 heterocycles. The van der Waals surface area contributed by atoms with Crippen LogP contribution < -0.4 is 15.4 Å². The number of hydrogen-bond acceptors (Lipinski definition) is 6. The van der Waals surface area contributed by atoms with Crippen molar-refractivity contribution in [2.24, 2.45) is 5.92 Å². The molecule has 1 aliphatic heterocycles. The van der Waals surface area contributed by atoms with Gasteiger partial charge in [0.05, 0.1) is 36.8 Å². The van der Waals surface area contributed by atoms with Crippen molar-refractivity contribution in [3.8, 4) is 5.75 Å². The SMILES string of the molecule is C[C@@H]1CCCCO[C@H](CN(C)C(=O)Nc2ccccc2)[C@@H](C)CN([C@@H](C)CO)C(=O)c2cc(NC(=O)Cc3ccccc3)ccc2O1. The number of amides is 4. The number of nitrogens with one attached hydrogen (secondary N) is 2. The van der Waals surface area contributed by atoms with Crippen molar-refractivity contribution in [3.05, 3.63) is 90.0 Å². The number of fused-ring (bicyclic) bond motifs is 1.